The lowest BCUT2D eigenvalue weighted by molar-refractivity contribution is -0.142. The zero-order chi connectivity index (χ0) is 22.6. The van der Waals surface area contributed by atoms with Crippen LogP contribution in [-0.2, 0) is 9.53 Å². The second-order valence-corrected chi connectivity index (χ2v) is 10.6. The molecule has 8 nitrogen and oxygen atoms in total. The number of para-hydroxylation sites is 1. The highest BCUT2D eigenvalue weighted by Gasteiger charge is 2.43. The van der Waals surface area contributed by atoms with Crippen molar-refractivity contribution in [3.8, 4) is 5.75 Å². The van der Waals surface area contributed by atoms with Gasteiger partial charge in [0.2, 0.25) is 0 Å². The van der Waals surface area contributed by atoms with Gasteiger partial charge >= 0.3 is 12.1 Å². The Balaban J connectivity index is 1.61. The fourth-order valence-electron chi connectivity index (χ4n) is 3.49. The zero-order valence-corrected chi connectivity index (χ0v) is 19.5. The standard InChI is InChI=1S/C21H29N3O5S2/c1-21(2,3)29-20(28)22-9-6-10-24-15(19(26)27)12-31-18(24)14-11-30-17(23-14)13-7-4-5-8-16(13)25/h4-5,7-8,14-15,18,25H,6,9-12H2,1-3H3,(H,22,28)(H,26,27)/t14-,15+,18-/m1/s1. The first kappa shape index (κ1) is 23.7. The van der Waals surface area contributed by atoms with Gasteiger partial charge in [-0.3, -0.25) is 14.7 Å². The number of phenols is 1. The number of thioether (sulfide) groups is 2. The number of carboxylic acids is 1. The molecule has 3 rings (SSSR count). The monoisotopic (exact) mass is 467 g/mol. The molecule has 1 aromatic carbocycles. The molecule has 0 aromatic heterocycles. The minimum absolute atomic E-state index is 0.0570. The van der Waals surface area contributed by atoms with Gasteiger partial charge in [0.15, 0.2) is 0 Å². The Morgan fingerprint density at radius 1 is 1.29 bits per heavy atom. The summed E-state index contributed by atoms with van der Waals surface area (Å²) in [7, 11) is 0. The molecule has 1 fully saturated rings. The van der Waals surface area contributed by atoms with Gasteiger partial charge in [-0.1, -0.05) is 12.1 Å². The first-order chi connectivity index (χ1) is 14.7. The van der Waals surface area contributed by atoms with Crippen molar-refractivity contribution in [2.45, 2.75) is 50.3 Å². The van der Waals surface area contributed by atoms with Crippen molar-refractivity contribution < 1.29 is 24.5 Å². The van der Waals surface area contributed by atoms with E-state index in [4.69, 9.17) is 9.73 Å². The summed E-state index contributed by atoms with van der Waals surface area (Å²) in [6, 6.07) is 6.47. The number of rotatable bonds is 7. The Hall–Kier alpha value is -1.91. The molecule has 0 radical (unpaired) electrons. The Kier molecular flexibility index (Phi) is 7.77. The SMILES string of the molecule is CC(C)(C)OC(=O)NCCCN1[C@@H]([C@H]2CSC(c3ccccc3O)=N2)SC[C@H]1C(=O)O. The van der Waals surface area contributed by atoms with Gasteiger partial charge in [-0.2, -0.15) is 0 Å². The van der Waals surface area contributed by atoms with E-state index in [-0.39, 0.29) is 17.2 Å². The minimum atomic E-state index is -0.842. The number of nitrogens with one attached hydrogen (secondary N) is 1. The second-order valence-electron chi connectivity index (χ2n) is 8.43. The molecule has 2 aliphatic heterocycles. The number of aliphatic carboxylic acids is 1. The molecule has 0 bridgehead atoms. The van der Waals surface area contributed by atoms with Gasteiger partial charge < -0.3 is 20.3 Å². The Morgan fingerprint density at radius 3 is 2.71 bits per heavy atom. The number of carbonyl (C=O) groups is 2. The van der Waals surface area contributed by atoms with E-state index in [2.05, 4.69) is 5.32 Å². The highest BCUT2D eigenvalue weighted by Crippen LogP contribution is 2.38. The largest absolute Gasteiger partial charge is 0.507 e. The molecule has 1 amide bonds. The molecular weight excluding hydrogens is 438 g/mol. The zero-order valence-electron chi connectivity index (χ0n) is 17.9. The van der Waals surface area contributed by atoms with E-state index in [0.29, 0.717) is 30.8 Å². The topological polar surface area (TPSA) is 111 Å². The van der Waals surface area contributed by atoms with Crippen LogP contribution < -0.4 is 5.32 Å². The molecule has 2 aliphatic rings. The molecule has 1 aromatic rings. The van der Waals surface area contributed by atoms with E-state index in [1.807, 2.05) is 17.0 Å². The maximum atomic E-state index is 11.8. The number of carbonyl (C=O) groups excluding carboxylic acids is 1. The van der Waals surface area contributed by atoms with E-state index in [1.54, 1.807) is 56.4 Å². The summed E-state index contributed by atoms with van der Waals surface area (Å²) in [5.41, 5.74) is 0.152. The van der Waals surface area contributed by atoms with Crippen molar-refractivity contribution in [2.24, 2.45) is 4.99 Å². The number of hydrogen-bond donors (Lipinski definition) is 3. The van der Waals surface area contributed by atoms with Crippen molar-refractivity contribution in [1.29, 1.82) is 0 Å². The smallest absolute Gasteiger partial charge is 0.407 e. The van der Waals surface area contributed by atoms with Crippen LogP contribution in [0.4, 0.5) is 4.79 Å². The third-order valence-electron chi connectivity index (χ3n) is 4.84. The number of nitrogens with zero attached hydrogens (tertiary/aromatic N) is 2. The van der Waals surface area contributed by atoms with Gasteiger partial charge in [0.05, 0.1) is 11.4 Å². The number of phenolic OH excluding ortho intramolecular Hbond substituents is 1. The van der Waals surface area contributed by atoms with E-state index < -0.39 is 23.7 Å². The van der Waals surface area contributed by atoms with Gasteiger partial charge in [-0.05, 0) is 39.3 Å². The van der Waals surface area contributed by atoms with E-state index in [9.17, 15) is 19.8 Å². The summed E-state index contributed by atoms with van der Waals surface area (Å²) in [6.45, 7) is 6.35. The predicted octanol–water partition coefficient (Wildman–Crippen LogP) is 3.00. The normalized spacial score (nSPS) is 24.1. The number of benzene rings is 1. The fourth-order valence-corrected chi connectivity index (χ4v) is 6.27. The van der Waals surface area contributed by atoms with Crippen LogP contribution in [0.3, 0.4) is 0 Å². The van der Waals surface area contributed by atoms with Crippen molar-refractivity contribution in [3.63, 3.8) is 0 Å². The summed E-state index contributed by atoms with van der Waals surface area (Å²) < 4.78 is 5.23. The van der Waals surface area contributed by atoms with Crippen LogP contribution in [0.15, 0.2) is 29.3 Å². The molecule has 0 saturated carbocycles. The lowest BCUT2D eigenvalue weighted by Gasteiger charge is -2.29. The molecular formula is C21H29N3O5S2. The number of ether oxygens (including phenoxy) is 1. The maximum absolute atomic E-state index is 11.8. The molecule has 3 atom stereocenters. The number of amides is 1. The van der Waals surface area contributed by atoms with Crippen LogP contribution in [0.25, 0.3) is 0 Å². The van der Waals surface area contributed by atoms with Crippen LogP contribution in [-0.4, -0.2) is 79.9 Å². The Morgan fingerprint density at radius 2 is 2.03 bits per heavy atom. The van der Waals surface area contributed by atoms with E-state index in [1.165, 1.54) is 0 Å². The Bertz CT molecular complexity index is 843. The average Bonchev–Trinajstić information content (AvgIpc) is 3.31. The van der Waals surface area contributed by atoms with Crippen LogP contribution in [0.2, 0.25) is 0 Å². The van der Waals surface area contributed by atoms with Crippen LogP contribution in [0, 0.1) is 0 Å². The first-order valence-electron chi connectivity index (χ1n) is 10.2. The van der Waals surface area contributed by atoms with Crippen molar-refractivity contribution in [3.05, 3.63) is 29.8 Å². The summed E-state index contributed by atoms with van der Waals surface area (Å²) >= 11 is 3.19. The minimum Gasteiger partial charge on any atom is -0.507 e. The third kappa shape index (κ3) is 6.30. The van der Waals surface area contributed by atoms with Crippen LogP contribution in [0.1, 0.15) is 32.8 Å². The lowest BCUT2D eigenvalue weighted by atomic mass is 10.2. The highest BCUT2D eigenvalue weighted by atomic mass is 32.2. The number of hydrogen-bond acceptors (Lipinski definition) is 8. The fraction of sp³-hybridized carbons (Fsp3) is 0.571. The molecule has 0 spiro atoms. The molecule has 0 aliphatic carbocycles. The number of carboxylic acid groups (broad SMARTS) is 1. The van der Waals surface area contributed by atoms with Gasteiger partial charge in [-0.25, -0.2) is 4.79 Å². The molecule has 10 heteroatoms. The van der Waals surface area contributed by atoms with E-state index in [0.717, 1.165) is 10.8 Å². The van der Waals surface area contributed by atoms with Gasteiger partial charge in [0.25, 0.3) is 0 Å². The average molecular weight is 468 g/mol. The molecule has 170 valence electrons. The second kappa shape index (κ2) is 10.1. The molecule has 31 heavy (non-hydrogen) atoms. The predicted molar refractivity (Wildman–Crippen MR) is 124 cm³/mol. The number of aromatic hydroxyl groups is 1. The lowest BCUT2D eigenvalue weighted by Crippen LogP contribution is -2.46. The summed E-state index contributed by atoms with van der Waals surface area (Å²) in [4.78, 5) is 30.4. The van der Waals surface area contributed by atoms with Gasteiger partial charge in [0, 0.05) is 30.2 Å². The van der Waals surface area contributed by atoms with Crippen molar-refractivity contribution >= 4 is 40.6 Å². The Labute approximate surface area is 190 Å². The van der Waals surface area contributed by atoms with Crippen molar-refractivity contribution in [1.82, 2.24) is 10.2 Å². The van der Waals surface area contributed by atoms with Gasteiger partial charge in [-0.15, -0.1) is 23.5 Å². The van der Waals surface area contributed by atoms with Crippen molar-refractivity contribution in [2.75, 3.05) is 24.6 Å². The molecule has 0 unspecified atom stereocenters. The van der Waals surface area contributed by atoms with E-state index >= 15 is 0 Å². The molecule has 1 saturated heterocycles. The van der Waals surface area contributed by atoms with Gasteiger partial charge in [0.1, 0.15) is 22.4 Å². The first-order valence-corrected chi connectivity index (χ1v) is 12.2. The highest BCUT2D eigenvalue weighted by molar-refractivity contribution is 8.14. The summed E-state index contributed by atoms with van der Waals surface area (Å²) in [5, 5.41) is 23.2. The molecule has 2 heterocycles. The number of alkyl carbamates (subject to hydrolysis) is 1. The van der Waals surface area contributed by atoms with Crippen LogP contribution in [0.5, 0.6) is 5.75 Å². The summed E-state index contributed by atoms with van der Waals surface area (Å²) in [6.07, 6.45) is 0.134. The third-order valence-corrected chi connectivity index (χ3v) is 7.38. The maximum Gasteiger partial charge on any atom is 0.407 e. The quantitative estimate of drug-likeness (QED) is 0.525. The van der Waals surface area contributed by atoms with Crippen LogP contribution >= 0.6 is 23.5 Å². The molecule has 3 N–H and O–H groups in total. The summed E-state index contributed by atoms with van der Waals surface area (Å²) in [5.74, 6) is 0.593. The number of aliphatic imine (C=N–C) groups is 1.